The Morgan fingerprint density at radius 1 is 0.886 bits per heavy atom. The van der Waals surface area contributed by atoms with Crippen LogP contribution >= 0.6 is 0 Å². The van der Waals surface area contributed by atoms with E-state index in [0.717, 1.165) is 6.07 Å². The largest absolute Gasteiger partial charge is 0.490 e. The number of hydrogen-bond acceptors (Lipinski definition) is 9. The van der Waals surface area contributed by atoms with Crippen molar-refractivity contribution in [2.24, 2.45) is 0 Å². The first-order valence-electron chi connectivity index (χ1n) is 10.3. The minimum atomic E-state index is -1.14. The molecule has 188 valence electrons. The molecule has 13 nitrogen and oxygen atoms in total. The maximum Gasteiger partial charge on any atom is 0.336 e. The molecule has 1 N–H and O–H groups in total. The van der Waals surface area contributed by atoms with Gasteiger partial charge in [0.2, 0.25) is 0 Å². The van der Waals surface area contributed by atoms with Crippen LogP contribution in [0.5, 0.6) is 11.5 Å². The SMILES string of the molecule is COc1cc(C(=O)N2CCOCC2)c(C)cc1[N+](=O)[O-].COc1cc(C(=O)O)c(C)cc1[N+](=O)[O-]. The number of hydrogen-bond donors (Lipinski definition) is 1. The summed E-state index contributed by atoms with van der Waals surface area (Å²) in [7, 11) is 2.60. The number of nitro groups is 2. The number of morpholine rings is 1. The molecule has 0 bridgehead atoms. The van der Waals surface area contributed by atoms with Crippen LogP contribution in [0.3, 0.4) is 0 Å². The predicted molar refractivity (Wildman–Crippen MR) is 122 cm³/mol. The Bertz CT molecular complexity index is 1140. The molecule has 1 amide bonds. The lowest BCUT2D eigenvalue weighted by Crippen LogP contribution is -2.40. The molecule has 0 spiro atoms. The number of aromatic carboxylic acids is 1. The van der Waals surface area contributed by atoms with E-state index in [-0.39, 0.29) is 34.3 Å². The number of nitro benzene ring substituents is 2. The normalized spacial score (nSPS) is 12.7. The van der Waals surface area contributed by atoms with Crippen LogP contribution in [0, 0.1) is 34.1 Å². The fourth-order valence-electron chi connectivity index (χ4n) is 3.36. The summed E-state index contributed by atoms with van der Waals surface area (Å²) < 4.78 is 15.0. The zero-order valence-electron chi connectivity index (χ0n) is 19.6. The summed E-state index contributed by atoms with van der Waals surface area (Å²) in [6, 6.07) is 5.13. The van der Waals surface area contributed by atoms with Crippen molar-refractivity contribution < 1.29 is 38.8 Å². The van der Waals surface area contributed by atoms with Crippen LogP contribution in [0.15, 0.2) is 24.3 Å². The van der Waals surface area contributed by atoms with E-state index in [0.29, 0.717) is 43.0 Å². The Labute approximate surface area is 200 Å². The Balaban J connectivity index is 0.000000258. The molecule has 1 saturated heterocycles. The highest BCUT2D eigenvalue weighted by molar-refractivity contribution is 5.96. The molecule has 2 aromatic rings. The van der Waals surface area contributed by atoms with E-state index in [4.69, 9.17) is 19.3 Å². The zero-order chi connectivity index (χ0) is 26.3. The Morgan fingerprint density at radius 2 is 1.31 bits per heavy atom. The second-order valence-corrected chi connectivity index (χ2v) is 7.40. The third-order valence-corrected chi connectivity index (χ3v) is 5.20. The van der Waals surface area contributed by atoms with Gasteiger partial charge in [-0.2, -0.15) is 0 Å². The van der Waals surface area contributed by atoms with E-state index < -0.39 is 15.8 Å². The van der Waals surface area contributed by atoms with Crippen molar-refractivity contribution in [3.63, 3.8) is 0 Å². The topological polar surface area (TPSA) is 172 Å². The molecule has 0 radical (unpaired) electrons. The van der Waals surface area contributed by atoms with Gasteiger partial charge >= 0.3 is 17.3 Å². The van der Waals surface area contributed by atoms with Crippen molar-refractivity contribution in [1.29, 1.82) is 0 Å². The summed E-state index contributed by atoms with van der Waals surface area (Å²) in [5.41, 5.74) is 0.944. The molecule has 2 aromatic carbocycles. The van der Waals surface area contributed by atoms with Gasteiger partial charge in [0, 0.05) is 42.9 Å². The van der Waals surface area contributed by atoms with Crippen molar-refractivity contribution in [2.75, 3.05) is 40.5 Å². The lowest BCUT2D eigenvalue weighted by molar-refractivity contribution is -0.385. The van der Waals surface area contributed by atoms with Crippen molar-refractivity contribution in [3.8, 4) is 11.5 Å². The Kier molecular flexibility index (Phi) is 9.05. The van der Waals surface area contributed by atoms with Gasteiger partial charge in [0.1, 0.15) is 0 Å². The average Bonchev–Trinajstić information content (AvgIpc) is 2.83. The van der Waals surface area contributed by atoms with Crippen molar-refractivity contribution in [2.45, 2.75) is 13.8 Å². The molecule has 35 heavy (non-hydrogen) atoms. The van der Waals surface area contributed by atoms with E-state index in [1.165, 1.54) is 39.3 Å². The van der Waals surface area contributed by atoms with Gasteiger partial charge in [-0.1, -0.05) is 0 Å². The first-order valence-corrected chi connectivity index (χ1v) is 10.3. The van der Waals surface area contributed by atoms with Crippen molar-refractivity contribution in [1.82, 2.24) is 4.90 Å². The fraction of sp³-hybridized carbons (Fsp3) is 0.364. The average molecular weight is 491 g/mol. The monoisotopic (exact) mass is 491 g/mol. The minimum Gasteiger partial charge on any atom is -0.490 e. The van der Waals surface area contributed by atoms with Gasteiger partial charge in [0.25, 0.3) is 5.91 Å². The molecule has 1 aliphatic rings. The number of carboxylic acids is 1. The number of aryl methyl sites for hydroxylation is 2. The molecule has 1 aliphatic heterocycles. The highest BCUT2D eigenvalue weighted by Crippen LogP contribution is 2.31. The highest BCUT2D eigenvalue weighted by Gasteiger charge is 2.25. The number of ether oxygens (including phenoxy) is 3. The molecular weight excluding hydrogens is 466 g/mol. The number of carbonyl (C=O) groups excluding carboxylic acids is 1. The summed E-state index contributed by atoms with van der Waals surface area (Å²) in [5, 5.41) is 30.3. The van der Waals surface area contributed by atoms with Crippen molar-refractivity contribution in [3.05, 3.63) is 66.7 Å². The summed E-state index contributed by atoms with van der Waals surface area (Å²) >= 11 is 0. The Hall–Kier alpha value is -4.26. The first kappa shape index (κ1) is 27.0. The van der Waals surface area contributed by atoms with Crippen LogP contribution in [0.2, 0.25) is 0 Å². The molecule has 0 saturated carbocycles. The number of nitrogens with zero attached hydrogens (tertiary/aromatic N) is 3. The quantitative estimate of drug-likeness (QED) is 0.467. The Morgan fingerprint density at radius 3 is 1.71 bits per heavy atom. The van der Waals surface area contributed by atoms with Gasteiger partial charge in [-0.3, -0.25) is 25.0 Å². The van der Waals surface area contributed by atoms with Crippen LogP contribution in [0.1, 0.15) is 31.8 Å². The lowest BCUT2D eigenvalue weighted by atomic mass is 10.1. The van der Waals surface area contributed by atoms with Crippen LogP contribution in [0.4, 0.5) is 11.4 Å². The molecule has 0 unspecified atom stereocenters. The van der Waals surface area contributed by atoms with Gasteiger partial charge < -0.3 is 24.2 Å². The second-order valence-electron chi connectivity index (χ2n) is 7.40. The van der Waals surface area contributed by atoms with Gasteiger partial charge in [-0.25, -0.2) is 4.79 Å². The molecule has 3 rings (SSSR count). The van der Waals surface area contributed by atoms with Crippen LogP contribution in [-0.4, -0.2) is 72.3 Å². The predicted octanol–water partition coefficient (Wildman–Crippen LogP) is 2.99. The van der Waals surface area contributed by atoms with Gasteiger partial charge in [-0.05, 0) is 25.0 Å². The number of amides is 1. The summed E-state index contributed by atoms with van der Waals surface area (Å²) in [6.07, 6.45) is 0. The van der Waals surface area contributed by atoms with Crippen molar-refractivity contribution >= 4 is 23.3 Å². The maximum atomic E-state index is 12.4. The van der Waals surface area contributed by atoms with E-state index in [2.05, 4.69) is 0 Å². The highest BCUT2D eigenvalue weighted by atomic mass is 16.6. The molecule has 0 atom stereocenters. The smallest absolute Gasteiger partial charge is 0.336 e. The second kappa shape index (κ2) is 11.7. The van der Waals surface area contributed by atoms with E-state index in [9.17, 15) is 29.8 Å². The molecular formula is C22H25N3O10. The van der Waals surface area contributed by atoms with E-state index in [1.54, 1.807) is 11.8 Å². The molecule has 1 fully saturated rings. The first-order chi connectivity index (χ1) is 16.5. The number of benzene rings is 2. The van der Waals surface area contributed by atoms with Crippen LogP contribution in [-0.2, 0) is 4.74 Å². The molecule has 1 heterocycles. The standard InChI is InChI=1S/C13H16N2O5.C9H9NO5/c1-9-7-11(15(17)18)12(19-2)8-10(9)13(16)14-3-5-20-6-4-14;1-5-3-7(10(13)14)8(15-2)4-6(5)9(11)12/h7-8H,3-6H2,1-2H3;3-4H,1-2H3,(H,11,12). The molecule has 0 aliphatic carbocycles. The third-order valence-electron chi connectivity index (χ3n) is 5.20. The van der Waals surface area contributed by atoms with E-state index in [1.807, 2.05) is 0 Å². The number of rotatable bonds is 6. The fourth-order valence-corrected chi connectivity index (χ4v) is 3.36. The van der Waals surface area contributed by atoms with E-state index >= 15 is 0 Å². The van der Waals surface area contributed by atoms with Gasteiger partial charge in [-0.15, -0.1) is 0 Å². The summed E-state index contributed by atoms with van der Waals surface area (Å²) in [4.78, 5) is 45.2. The number of carbonyl (C=O) groups is 2. The lowest BCUT2D eigenvalue weighted by Gasteiger charge is -2.27. The minimum absolute atomic E-state index is 0.00236. The van der Waals surface area contributed by atoms with Crippen LogP contribution < -0.4 is 9.47 Å². The molecule has 0 aromatic heterocycles. The van der Waals surface area contributed by atoms with Crippen LogP contribution in [0.25, 0.3) is 0 Å². The number of methoxy groups -OCH3 is 2. The summed E-state index contributed by atoms with van der Waals surface area (Å²) in [5.74, 6) is -1.25. The maximum absolute atomic E-state index is 12.4. The number of carboxylic acid groups (broad SMARTS) is 1. The van der Waals surface area contributed by atoms with Gasteiger partial charge in [0.15, 0.2) is 11.5 Å². The van der Waals surface area contributed by atoms with Gasteiger partial charge in [0.05, 0.1) is 42.8 Å². The molecule has 13 heteroatoms. The third kappa shape index (κ3) is 6.41. The summed E-state index contributed by atoms with van der Waals surface area (Å²) in [6.45, 7) is 5.25. The zero-order valence-corrected chi connectivity index (χ0v) is 19.6.